The van der Waals surface area contributed by atoms with Crippen molar-refractivity contribution in [3.05, 3.63) is 0 Å². The zero-order chi connectivity index (χ0) is 22.0. The summed E-state index contributed by atoms with van der Waals surface area (Å²) in [4.78, 5) is 0. The van der Waals surface area contributed by atoms with Gasteiger partial charge in [0.2, 0.25) is 5.99 Å². The molecule has 6 aliphatic heterocycles. The van der Waals surface area contributed by atoms with Crippen molar-refractivity contribution in [3.63, 3.8) is 0 Å². The van der Waals surface area contributed by atoms with E-state index in [1.54, 1.807) is 0 Å². The Morgan fingerprint density at radius 3 is 1.39 bits per heavy atom. The first-order valence-electron chi connectivity index (χ1n) is 15.2. The summed E-state index contributed by atoms with van der Waals surface area (Å²) >= 11 is 2.32. The van der Waals surface area contributed by atoms with Gasteiger partial charge < -0.3 is 9.31 Å². The van der Waals surface area contributed by atoms with Crippen molar-refractivity contribution in [1.82, 2.24) is 0 Å². The van der Waals surface area contributed by atoms with Gasteiger partial charge in [0.1, 0.15) is 0 Å². The molecule has 6 aliphatic rings. The maximum Gasteiger partial charge on any atom is 0.299 e. The van der Waals surface area contributed by atoms with E-state index >= 15 is 0 Å². The van der Waals surface area contributed by atoms with Crippen molar-refractivity contribution < 1.29 is 9.31 Å². The van der Waals surface area contributed by atoms with Crippen molar-refractivity contribution >= 4 is 31.4 Å². The summed E-state index contributed by atoms with van der Waals surface area (Å²) in [7, 11) is 0. The molecule has 0 saturated carbocycles. The Bertz CT molecular complexity index is 536. The molecule has 0 aromatic carbocycles. The molecule has 6 rings (SSSR count). The quantitative estimate of drug-likeness (QED) is 0.333. The third-order valence-corrected chi connectivity index (χ3v) is 12.7. The van der Waals surface area contributed by atoms with Gasteiger partial charge in [-0.25, -0.2) is 11.6 Å². The Balaban J connectivity index is 1.11. The predicted octanol–water partition coefficient (Wildman–Crippen LogP) is 8.42. The molecule has 1 unspecified atom stereocenters. The first-order valence-corrected chi connectivity index (χ1v) is 16.3. The van der Waals surface area contributed by atoms with Crippen LogP contribution in [0.3, 0.4) is 0 Å². The second kappa shape index (κ2) is 11.2. The van der Waals surface area contributed by atoms with E-state index in [1.807, 2.05) is 0 Å². The van der Waals surface area contributed by atoms with E-state index < -0.39 is 0 Å². The van der Waals surface area contributed by atoms with Crippen LogP contribution in [0.2, 0.25) is 34.9 Å². The summed E-state index contributed by atoms with van der Waals surface area (Å²) in [6, 6.07) is 0. The minimum absolute atomic E-state index is 0.325. The predicted molar refractivity (Wildman–Crippen MR) is 146 cm³/mol. The highest BCUT2D eigenvalue weighted by atomic mass is 32.2. The summed E-state index contributed by atoms with van der Waals surface area (Å²) in [6.45, 7) is 1.96. The molecule has 6 bridgehead atoms. The molecule has 0 radical (unpaired) electrons. The van der Waals surface area contributed by atoms with Gasteiger partial charge in [0.15, 0.2) is 0 Å². The molecule has 6 fully saturated rings. The molecule has 33 heavy (non-hydrogen) atoms. The highest BCUT2D eigenvalue weighted by molar-refractivity contribution is 8.25. The molecular weight excluding hydrogens is 421 g/mol. The van der Waals surface area contributed by atoms with Crippen molar-refractivity contribution in [2.24, 2.45) is 0 Å². The van der Waals surface area contributed by atoms with Crippen LogP contribution in [-0.2, 0) is 9.31 Å². The van der Waals surface area contributed by atoms with Gasteiger partial charge in [-0.1, -0.05) is 127 Å². The molecule has 0 aliphatic carbocycles. The van der Waals surface area contributed by atoms with Gasteiger partial charge in [-0.3, -0.25) is 0 Å². The van der Waals surface area contributed by atoms with Crippen molar-refractivity contribution in [3.8, 4) is 0 Å². The van der Waals surface area contributed by atoms with Crippen LogP contribution in [0.5, 0.6) is 0 Å². The van der Waals surface area contributed by atoms with E-state index in [-0.39, 0.29) is 0 Å². The second-order valence-corrected chi connectivity index (χ2v) is 14.2. The van der Waals surface area contributed by atoms with Crippen LogP contribution >= 0.6 is 11.6 Å². The molecule has 6 heterocycles. The van der Waals surface area contributed by atoms with E-state index in [9.17, 15) is 0 Å². The first kappa shape index (κ1) is 23.8. The second-order valence-electron chi connectivity index (χ2n) is 13.0. The minimum atomic E-state index is 0.325. The maximum atomic E-state index is 7.14. The lowest BCUT2D eigenvalue weighted by atomic mass is 9.37. The SMILES string of the molecule is C1CC2CCCC(C1)B2OCC(CSB1C2CCCC1CCC2)OB1C2CCCC1CCC2. The van der Waals surface area contributed by atoms with E-state index in [0.29, 0.717) is 19.9 Å². The van der Waals surface area contributed by atoms with Gasteiger partial charge in [-0.15, -0.1) is 0 Å². The molecule has 0 aromatic heterocycles. The lowest BCUT2D eigenvalue weighted by molar-refractivity contribution is 0.123. The van der Waals surface area contributed by atoms with Gasteiger partial charge in [0.25, 0.3) is 13.8 Å². The smallest absolute Gasteiger partial charge is 0.299 e. The Kier molecular flexibility index (Phi) is 8.12. The lowest BCUT2D eigenvalue weighted by Crippen LogP contribution is -2.45. The molecule has 2 nitrogen and oxygen atoms in total. The number of fused-ring (bicyclic) bond motifs is 6. The van der Waals surface area contributed by atoms with Crippen LogP contribution in [0.15, 0.2) is 0 Å². The Hall–Kier alpha value is 0.465. The largest absolute Gasteiger partial charge is 0.433 e. The Morgan fingerprint density at radius 1 is 0.545 bits per heavy atom. The van der Waals surface area contributed by atoms with Crippen LogP contribution in [-0.4, -0.2) is 38.3 Å². The van der Waals surface area contributed by atoms with Crippen LogP contribution in [0.1, 0.15) is 116 Å². The molecule has 0 spiro atoms. The van der Waals surface area contributed by atoms with Crippen molar-refractivity contribution in [2.45, 2.75) is 157 Å². The topological polar surface area (TPSA) is 18.5 Å². The van der Waals surface area contributed by atoms with E-state index in [4.69, 9.17) is 9.31 Å². The Labute approximate surface area is 209 Å². The first-order chi connectivity index (χ1) is 16.3. The van der Waals surface area contributed by atoms with Gasteiger partial charge >= 0.3 is 0 Å². The molecule has 0 aromatic rings. The van der Waals surface area contributed by atoms with Crippen LogP contribution in [0.25, 0.3) is 0 Å². The third kappa shape index (κ3) is 5.43. The average Bonchev–Trinajstić information content (AvgIpc) is 2.80. The fraction of sp³-hybridized carbons (Fsp3) is 1.00. The molecule has 6 heteroatoms. The highest BCUT2D eigenvalue weighted by Gasteiger charge is 2.45. The van der Waals surface area contributed by atoms with Crippen molar-refractivity contribution in [1.29, 1.82) is 0 Å². The fourth-order valence-electron chi connectivity index (χ4n) is 9.40. The summed E-state index contributed by atoms with van der Waals surface area (Å²) < 4.78 is 14.0. The van der Waals surface area contributed by atoms with Crippen LogP contribution in [0, 0.1) is 0 Å². The van der Waals surface area contributed by atoms with E-state index in [2.05, 4.69) is 11.6 Å². The average molecular weight is 468 g/mol. The van der Waals surface area contributed by atoms with E-state index in [0.717, 1.165) is 47.5 Å². The minimum Gasteiger partial charge on any atom is -0.433 e. The summed E-state index contributed by atoms with van der Waals surface area (Å²) in [5, 5.41) is 0. The Morgan fingerprint density at radius 2 is 0.939 bits per heavy atom. The molecular formula is C27H47B3O2S. The highest BCUT2D eigenvalue weighted by Crippen LogP contribution is 2.51. The number of rotatable bonds is 8. The van der Waals surface area contributed by atoms with Gasteiger partial charge in [0, 0.05) is 5.75 Å². The molecule has 0 N–H and O–H groups in total. The molecule has 6 saturated heterocycles. The lowest BCUT2D eigenvalue weighted by Gasteiger charge is -2.43. The van der Waals surface area contributed by atoms with Crippen molar-refractivity contribution in [2.75, 3.05) is 12.4 Å². The zero-order valence-electron chi connectivity index (χ0n) is 21.1. The van der Waals surface area contributed by atoms with Crippen LogP contribution in [0.4, 0.5) is 0 Å². The maximum absolute atomic E-state index is 7.14. The summed E-state index contributed by atoms with van der Waals surface area (Å²) in [5.41, 5.74) is 0. The normalized spacial score (nSPS) is 39.5. The van der Waals surface area contributed by atoms with E-state index in [1.165, 1.54) is 121 Å². The molecule has 182 valence electrons. The van der Waals surface area contributed by atoms with Crippen LogP contribution < -0.4 is 0 Å². The number of hydrogen-bond donors (Lipinski definition) is 0. The monoisotopic (exact) mass is 468 g/mol. The summed E-state index contributed by atoms with van der Waals surface area (Å²) in [5.74, 6) is 7.47. The fourth-order valence-corrected chi connectivity index (χ4v) is 11.1. The number of hydrogen-bond acceptors (Lipinski definition) is 3. The molecule has 1 atom stereocenters. The van der Waals surface area contributed by atoms with Gasteiger partial charge in [0.05, 0.1) is 12.7 Å². The summed E-state index contributed by atoms with van der Waals surface area (Å²) in [6.07, 6.45) is 26.4. The third-order valence-electron chi connectivity index (χ3n) is 11.0. The standard InChI is InChI=1S/C27H47B3O2S/c1-7-21-9-2-10-22(8-1)28(21)31-19-27(32-29-23-11-3-12-24(29)14-4-13-23)20-33-30-25-15-5-16-26(30)18-6-17-25/h21-27H,1-20H2. The zero-order valence-corrected chi connectivity index (χ0v) is 22.0. The molecule has 0 amide bonds. The van der Waals surface area contributed by atoms with Gasteiger partial charge in [-0.2, -0.15) is 0 Å². The van der Waals surface area contributed by atoms with Gasteiger partial charge in [-0.05, 0) is 23.3 Å².